The third kappa shape index (κ3) is 3.67. The molecule has 0 spiro atoms. The molecule has 3 heterocycles. The normalized spacial score (nSPS) is 23.1. The van der Waals surface area contributed by atoms with Crippen molar-refractivity contribution in [3.05, 3.63) is 18.0 Å². The van der Waals surface area contributed by atoms with Crippen LogP contribution in [0.2, 0.25) is 0 Å². The second kappa shape index (κ2) is 7.24. The van der Waals surface area contributed by atoms with Crippen molar-refractivity contribution in [3.63, 3.8) is 0 Å². The molecule has 122 valence electrons. The van der Waals surface area contributed by atoms with Crippen LogP contribution < -0.4 is 0 Å². The van der Waals surface area contributed by atoms with Gasteiger partial charge in [-0.25, -0.2) is 0 Å². The standard InChI is InChI=1S/C16H26N4O2/c21-11-10-20-9-5-15(17-20)14-4-3-6-18(12-14)13-16(22)19-7-1-2-8-19/h5,9,14,21H,1-4,6-8,10-13H2/t14-/m0/s1. The summed E-state index contributed by atoms with van der Waals surface area (Å²) in [4.78, 5) is 16.6. The third-order valence-electron chi connectivity index (χ3n) is 4.73. The van der Waals surface area contributed by atoms with E-state index in [2.05, 4.69) is 10.00 Å². The predicted molar refractivity (Wildman–Crippen MR) is 83.5 cm³/mol. The first-order valence-corrected chi connectivity index (χ1v) is 8.40. The lowest BCUT2D eigenvalue weighted by Crippen LogP contribution is -2.43. The molecule has 2 aliphatic heterocycles. The van der Waals surface area contributed by atoms with E-state index in [1.54, 1.807) is 4.68 Å². The van der Waals surface area contributed by atoms with Gasteiger partial charge < -0.3 is 10.0 Å². The second-order valence-electron chi connectivity index (χ2n) is 6.39. The number of aromatic nitrogens is 2. The van der Waals surface area contributed by atoms with Crippen LogP contribution in [0.3, 0.4) is 0 Å². The van der Waals surface area contributed by atoms with Crippen molar-refractivity contribution < 1.29 is 9.90 Å². The van der Waals surface area contributed by atoms with Gasteiger partial charge in [-0.15, -0.1) is 0 Å². The van der Waals surface area contributed by atoms with E-state index >= 15 is 0 Å². The van der Waals surface area contributed by atoms with Crippen LogP contribution in [0.1, 0.15) is 37.3 Å². The van der Waals surface area contributed by atoms with E-state index in [9.17, 15) is 4.79 Å². The molecule has 6 heteroatoms. The summed E-state index contributed by atoms with van der Waals surface area (Å²) in [5.74, 6) is 0.684. The van der Waals surface area contributed by atoms with E-state index in [4.69, 9.17) is 5.11 Å². The van der Waals surface area contributed by atoms with Gasteiger partial charge in [0.05, 0.1) is 25.4 Å². The number of hydrogen-bond donors (Lipinski definition) is 1. The van der Waals surface area contributed by atoms with Crippen molar-refractivity contribution in [1.82, 2.24) is 19.6 Å². The fraction of sp³-hybridized carbons (Fsp3) is 0.750. The topological polar surface area (TPSA) is 61.6 Å². The highest BCUT2D eigenvalue weighted by molar-refractivity contribution is 5.78. The fourth-order valence-corrected chi connectivity index (χ4v) is 3.52. The van der Waals surface area contributed by atoms with Crippen molar-refractivity contribution in [3.8, 4) is 0 Å². The Balaban J connectivity index is 1.55. The Morgan fingerprint density at radius 1 is 1.27 bits per heavy atom. The summed E-state index contributed by atoms with van der Waals surface area (Å²) in [7, 11) is 0. The molecule has 2 fully saturated rings. The highest BCUT2D eigenvalue weighted by Crippen LogP contribution is 2.25. The molecule has 1 aromatic heterocycles. The first-order valence-electron chi connectivity index (χ1n) is 8.40. The Kier molecular flexibility index (Phi) is 5.10. The van der Waals surface area contributed by atoms with Gasteiger partial charge in [0, 0.05) is 31.7 Å². The summed E-state index contributed by atoms with van der Waals surface area (Å²) in [6, 6.07) is 2.05. The fourth-order valence-electron chi connectivity index (χ4n) is 3.52. The molecule has 1 aromatic rings. The SMILES string of the molecule is O=C(CN1CCC[C@H](c2ccn(CCO)n2)C1)N1CCCC1. The van der Waals surface area contributed by atoms with Gasteiger partial charge in [-0.05, 0) is 38.3 Å². The maximum Gasteiger partial charge on any atom is 0.236 e. The third-order valence-corrected chi connectivity index (χ3v) is 4.73. The monoisotopic (exact) mass is 306 g/mol. The van der Waals surface area contributed by atoms with Crippen LogP contribution in [-0.4, -0.2) is 69.9 Å². The maximum absolute atomic E-state index is 12.3. The summed E-state index contributed by atoms with van der Waals surface area (Å²) >= 11 is 0. The lowest BCUT2D eigenvalue weighted by Gasteiger charge is -2.32. The molecule has 2 aliphatic rings. The molecule has 3 rings (SSSR count). The summed E-state index contributed by atoms with van der Waals surface area (Å²) in [6.45, 7) is 4.99. The van der Waals surface area contributed by atoms with Gasteiger partial charge in [-0.1, -0.05) is 0 Å². The van der Waals surface area contributed by atoms with E-state index in [0.29, 0.717) is 19.0 Å². The number of likely N-dealkylation sites (tertiary alicyclic amines) is 2. The van der Waals surface area contributed by atoms with Gasteiger partial charge in [0.1, 0.15) is 0 Å². The Morgan fingerprint density at radius 3 is 2.86 bits per heavy atom. The van der Waals surface area contributed by atoms with Crippen LogP contribution in [0.5, 0.6) is 0 Å². The van der Waals surface area contributed by atoms with Crippen LogP contribution >= 0.6 is 0 Å². The summed E-state index contributed by atoms with van der Waals surface area (Å²) in [5, 5.41) is 13.5. The Bertz CT molecular complexity index is 496. The zero-order valence-electron chi connectivity index (χ0n) is 13.2. The van der Waals surface area contributed by atoms with Crippen LogP contribution in [-0.2, 0) is 11.3 Å². The van der Waals surface area contributed by atoms with Crippen molar-refractivity contribution in [2.24, 2.45) is 0 Å². The second-order valence-corrected chi connectivity index (χ2v) is 6.39. The molecule has 0 radical (unpaired) electrons. The lowest BCUT2D eigenvalue weighted by atomic mass is 9.95. The van der Waals surface area contributed by atoms with Crippen molar-refractivity contribution in [2.45, 2.75) is 38.1 Å². The highest BCUT2D eigenvalue weighted by Gasteiger charge is 2.26. The first kappa shape index (κ1) is 15.5. The van der Waals surface area contributed by atoms with Gasteiger partial charge >= 0.3 is 0 Å². The number of rotatable bonds is 5. The predicted octanol–water partition coefficient (Wildman–Crippen LogP) is 0.677. The first-order chi connectivity index (χ1) is 10.8. The van der Waals surface area contributed by atoms with E-state index in [1.165, 1.54) is 0 Å². The van der Waals surface area contributed by atoms with E-state index < -0.39 is 0 Å². The number of carbonyl (C=O) groups excluding carboxylic acids is 1. The Morgan fingerprint density at radius 2 is 2.09 bits per heavy atom. The van der Waals surface area contributed by atoms with Crippen LogP contribution in [0.15, 0.2) is 12.3 Å². The van der Waals surface area contributed by atoms with Gasteiger partial charge in [-0.3, -0.25) is 14.4 Å². The van der Waals surface area contributed by atoms with E-state index in [-0.39, 0.29) is 12.5 Å². The minimum Gasteiger partial charge on any atom is -0.394 e. The Labute approximate surface area is 131 Å². The van der Waals surface area contributed by atoms with Crippen LogP contribution in [0.25, 0.3) is 0 Å². The molecular formula is C16H26N4O2. The van der Waals surface area contributed by atoms with Crippen molar-refractivity contribution in [2.75, 3.05) is 39.3 Å². The molecular weight excluding hydrogens is 280 g/mol. The Hall–Kier alpha value is -1.40. The highest BCUT2D eigenvalue weighted by atomic mass is 16.3. The van der Waals surface area contributed by atoms with Crippen molar-refractivity contribution >= 4 is 5.91 Å². The van der Waals surface area contributed by atoms with Crippen LogP contribution in [0, 0.1) is 0 Å². The molecule has 1 N–H and O–H groups in total. The largest absolute Gasteiger partial charge is 0.394 e. The molecule has 2 saturated heterocycles. The average Bonchev–Trinajstić information content (AvgIpc) is 3.19. The van der Waals surface area contributed by atoms with Crippen LogP contribution in [0.4, 0.5) is 0 Å². The van der Waals surface area contributed by atoms with Gasteiger partial charge in [0.25, 0.3) is 0 Å². The van der Waals surface area contributed by atoms with Gasteiger partial charge in [0.2, 0.25) is 5.91 Å². The van der Waals surface area contributed by atoms with Crippen molar-refractivity contribution in [1.29, 1.82) is 0 Å². The zero-order chi connectivity index (χ0) is 15.4. The van der Waals surface area contributed by atoms with Gasteiger partial charge in [0.15, 0.2) is 0 Å². The smallest absolute Gasteiger partial charge is 0.236 e. The number of nitrogens with zero attached hydrogens (tertiary/aromatic N) is 4. The number of piperidine rings is 1. The molecule has 0 unspecified atom stereocenters. The molecule has 0 aliphatic carbocycles. The maximum atomic E-state index is 12.3. The summed E-state index contributed by atoms with van der Waals surface area (Å²) in [6.07, 6.45) is 6.47. The molecule has 1 atom stereocenters. The molecule has 22 heavy (non-hydrogen) atoms. The zero-order valence-corrected chi connectivity index (χ0v) is 13.2. The number of aliphatic hydroxyl groups is 1. The molecule has 0 saturated carbocycles. The van der Waals surface area contributed by atoms with Gasteiger partial charge in [-0.2, -0.15) is 5.10 Å². The number of aliphatic hydroxyl groups excluding tert-OH is 1. The molecule has 6 nitrogen and oxygen atoms in total. The van der Waals surface area contributed by atoms with E-state index in [0.717, 1.165) is 57.6 Å². The molecule has 0 bridgehead atoms. The quantitative estimate of drug-likeness (QED) is 0.869. The lowest BCUT2D eigenvalue weighted by molar-refractivity contribution is -0.131. The average molecular weight is 306 g/mol. The minimum absolute atomic E-state index is 0.113. The minimum atomic E-state index is 0.113. The number of carbonyl (C=O) groups is 1. The summed E-state index contributed by atoms with van der Waals surface area (Å²) in [5.41, 5.74) is 1.09. The summed E-state index contributed by atoms with van der Waals surface area (Å²) < 4.78 is 1.80. The van der Waals surface area contributed by atoms with E-state index in [1.807, 2.05) is 17.2 Å². The molecule has 1 amide bonds. The number of hydrogen-bond acceptors (Lipinski definition) is 4. The molecule has 0 aromatic carbocycles. The number of amides is 1.